The monoisotopic (exact) mass is 438 g/mol. The lowest BCUT2D eigenvalue weighted by atomic mass is 9.85. The molecule has 29 heavy (non-hydrogen) atoms. The second-order valence-corrected chi connectivity index (χ2v) is 16.7. The molecular formula is C23H38O4SSi. The quantitative estimate of drug-likeness (QED) is 0.285. The van der Waals surface area contributed by atoms with Gasteiger partial charge in [0.2, 0.25) is 0 Å². The summed E-state index contributed by atoms with van der Waals surface area (Å²) in [5.74, 6) is 0.284. The molecule has 0 aliphatic heterocycles. The van der Waals surface area contributed by atoms with Crippen molar-refractivity contribution in [2.45, 2.75) is 80.8 Å². The van der Waals surface area contributed by atoms with Crippen LogP contribution in [0.5, 0.6) is 0 Å². The largest absolute Gasteiger partial charge is 0.414 e. The molecule has 2 unspecified atom stereocenters. The average molecular weight is 439 g/mol. The third-order valence-electron chi connectivity index (χ3n) is 6.40. The Labute approximate surface area is 178 Å². The van der Waals surface area contributed by atoms with Gasteiger partial charge >= 0.3 is 0 Å². The summed E-state index contributed by atoms with van der Waals surface area (Å²) in [6.45, 7) is 16.0. The molecule has 2 rings (SSSR count). The Morgan fingerprint density at radius 1 is 1.14 bits per heavy atom. The predicted molar refractivity (Wildman–Crippen MR) is 122 cm³/mol. The van der Waals surface area contributed by atoms with Gasteiger partial charge in [-0.2, -0.15) is 0 Å². The summed E-state index contributed by atoms with van der Waals surface area (Å²) >= 11 is 0. The molecule has 0 aromatic heterocycles. The van der Waals surface area contributed by atoms with Crippen LogP contribution in [0.25, 0.3) is 0 Å². The van der Waals surface area contributed by atoms with Gasteiger partial charge in [0.1, 0.15) is 0 Å². The van der Waals surface area contributed by atoms with E-state index in [0.717, 1.165) is 12.8 Å². The Balaban J connectivity index is 2.20. The molecule has 1 fully saturated rings. The minimum atomic E-state index is -3.38. The Morgan fingerprint density at radius 2 is 1.79 bits per heavy atom. The Kier molecular flexibility index (Phi) is 8.30. The first kappa shape index (κ1) is 24.3. The van der Waals surface area contributed by atoms with E-state index in [0.29, 0.717) is 31.0 Å². The molecule has 6 heteroatoms. The highest BCUT2D eigenvalue weighted by atomic mass is 32.2. The highest BCUT2D eigenvalue weighted by Crippen LogP contribution is 2.41. The fraction of sp³-hybridized carbons (Fsp3) is 0.652. The molecular weight excluding hydrogens is 400 g/mol. The molecule has 164 valence electrons. The summed E-state index contributed by atoms with van der Waals surface area (Å²) in [5.41, 5.74) is 0. The normalized spacial score (nSPS) is 23.7. The zero-order chi connectivity index (χ0) is 21.7. The number of hydrogen-bond donors (Lipinski definition) is 0. The second-order valence-electron chi connectivity index (χ2n) is 9.71. The van der Waals surface area contributed by atoms with Gasteiger partial charge in [-0.05, 0) is 61.9 Å². The molecule has 1 aromatic rings. The minimum Gasteiger partial charge on any atom is -0.414 e. The maximum absolute atomic E-state index is 13.3. The van der Waals surface area contributed by atoms with Crippen LogP contribution in [0.15, 0.2) is 47.9 Å². The molecule has 0 spiro atoms. The van der Waals surface area contributed by atoms with Crippen LogP contribution in [0.1, 0.15) is 46.5 Å². The van der Waals surface area contributed by atoms with E-state index in [4.69, 9.17) is 9.16 Å². The SMILES string of the molecule is C=CCOCCC1CC(O[Si](C)(C)C(C)(C)C)C[C@H](S(=O)(=O)c2ccccc2)C1. The maximum Gasteiger partial charge on any atom is 0.192 e. The van der Waals surface area contributed by atoms with E-state index < -0.39 is 23.4 Å². The maximum atomic E-state index is 13.3. The molecule has 0 bridgehead atoms. The van der Waals surface area contributed by atoms with Gasteiger partial charge in [-0.1, -0.05) is 45.0 Å². The molecule has 3 atom stereocenters. The van der Waals surface area contributed by atoms with Gasteiger partial charge in [0, 0.05) is 12.7 Å². The predicted octanol–water partition coefficient (Wildman–Crippen LogP) is 5.61. The molecule has 0 radical (unpaired) electrons. The number of hydrogen-bond acceptors (Lipinski definition) is 4. The van der Waals surface area contributed by atoms with Crippen molar-refractivity contribution in [2.24, 2.45) is 5.92 Å². The van der Waals surface area contributed by atoms with Gasteiger partial charge < -0.3 is 9.16 Å². The zero-order valence-electron chi connectivity index (χ0n) is 18.7. The fourth-order valence-corrected chi connectivity index (χ4v) is 7.02. The average Bonchev–Trinajstić information content (AvgIpc) is 2.64. The molecule has 0 amide bonds. The molecule has 0 saturated heterocycles. The van der Waals surface area contributed by atoms with Gasteiger partial charge in [0.05, 0.1) is 16.8 Å². The number of benzene rings is 1. The van der Waals surface area contributed by atoms with Crippen LogP contribution >= 0.6 is 0 Å². The van der Waals surface area contributed by atoms with Crippen LogP contribution in [0.3, 0.4) is 0 Å². The first-order valence-electron chi connectivity index (χ1n) is 10.6. The minimum absolute atomic E-state index is 0.0162. The van der Waals surface area contributed by atoms with Crippen LogP contribution in [-0.4, -0.2) is 41.3 Å². The van der Waals surface area contributed by atoms with E-state index in [1.807, 2.05) is 6.07 Å². The zero-order valence-corrected chi connectivity index (χ0v) is 20.5. The summed E-state index contributed by atoms with van der Waals surface area (Å²) in [6.07, 6.45) is 4.74. The molecule has 1 saturated carbocycles. The Morgan fingerprint density at radius 3 is 2.38 bits per heavy atom. The molecule has 1 aromatic carbocycles. The van der Waals surface area contributed by atoms with E-state index in [1.165, 1.54) is 0 Å². The fourth-order valence-electron chi connectivity index (χ4n) is 3.72. The highest BCUT2D eigenvalue weighted by molar-refractivity contribution is 7.92. The van der Waals surface area contributed by atoms with Crippen molar-refractivity contribution in [2.75, 3.05) is 13.2 Å². The van der Waals surface area contributed by atoms with Crippen LogP contribution in [0, 0.1) is 5.92 Å². The van der Waals surface area contributed by atoms with Crippen LogP contribution in [0.4, 0.5) is 0 Å². The highest BCUT2D eigenvalue weighted by Gasteiger charge is 2.43. The molecule has 1 aliphatic rings. The van der Waals surface area contributed by atoms with E-state index in [2.05, 4.69) is 40.4 Å². The number of sulfone groups is 1. The van der Waals surface area contributed by atoms with Crippen molar-refractivity contribution < 1.29 is 17.6 Å². The summed E-state index contributed by atoms with van der Waals surface area (Å²) in [6, 6.07) is 8.84. The lowest BCUT2D eigenvalue weighted by molar-refractivity contribution is 0.0862. The van der Waals surface area contributed by atoms with Gasteiger partial charge in [0.15, 0.2) is 18.2 Å². The molecule has 0 N–H and O–H groups in total. The van der Waals surface area contributed by atoms with Gasteiger partial charge in [-0.3, -0.25) is 0 Å². The molecule has 4 nitrogen and oxygen atoms in total. The lowest BCUT2D eigenvalue weighted by Crippen LogP contribution is -2.47. The van der Waals surface area contributed by atoms with E-state index >= 15 is 0 Å². The first-order chi connectivity index (χ1) is 13.5. The molecule has 0 heterocycles. The van der Waals surface area contributed by atoms with Crippen LogP contribution < -0.4 is 0 Å². The van der Waals surface area contributed by atoms with Crippen LogP contribution in [-0.2, 0) is 19.0 Å². The third kappa shape index (κ3) is 6.51. The van der Waals surface area contributed by atoms with E-state index in [9.17, 15) is 8.42 Å². The molecule has 1 aliphatic carbocycles. The van der Waals surface area contributed by atoms with Crippen molar-refractivity contribution >= 4 is 18.2 Å². The van der Waals surface area contributed by atoms with Crippen molar-refractivity contribution in [3.63, 3.8) is 0 Å². The number of rotatable bonds is 9. The second kappa shape index (κ2) is 9.90. The van der Waals surface area contributed by atoms with Gasteiger partial charge in [0.25, 0.3) is 0 Å². The third-order valence-corrected chi connectivity index (χ3v) is 13.1. The van der Waals surface area contributed by atoms with E-state index in [-0.39, 0.29) is 17.1 Å². The summed E-state index contributed by atoms with van der Waals surface area (Å²) in [5, 5.41) is -0.307. The lowest BCUT2D eigenvalue weighted by Gasteiger charge is -2.43. The van der Waals surface area contributed by atoms with Gasteiger partial charge in [-0.25, -0.2) is 8.42 Å². The topological polar surface area (TPSA) is 52.6 Å². The first-order valence-corrected chi connectivity index (χ1v) is 15.1. The van der Waals surface area contributed by atoms with E-state index in [1.54, 1.807) is 30.3 Å². The van der Waals surface area contributed by atoms with Crippen LogP contribution in [0.2, 0.25) is 18.1 Å². The van der Waals surface area contributed by atoms with Crippen molar-refractivity contribution in [3.8, 4) is 0 Å². The Bertz CT molecular complexity index is 753. The standard InChI is InChI=1S/C23H38O4SSi/c1-7-14-26-15-13-19-16-20(27-29(5,6)23(2,3)4)18-22(17-19)28(24,25)21-11-9-8-10-12-21/h7-12,19-20,22H,1,13-18H2,2-6H3/t19?,20?,22-/m1/s1. The summed E-state index contributed by atoms with van der Waals surface area (Å²) < 4.78 is 38.9. The summed E-state index contributed by atoms with van der Waals surface area (Å²) in [7, 11) is -5.35. The van der Waals surface area contributed by atoms with Crippen molar-refractivity contribution in [1.82, 2.24) is 0 Å². The summed E-state index contributed by atoms with van der Waals surface area (Å²) in [4.78, 5) is 0.416. The number of ether oxygens (including phenoxy) is 1. The van der Waals surface area contributed by atoms with Crippen molar-refractivity contribution in [3.05, 3.63) is 43.0 Å². The van der Waals surface area contributed by atoms with Crippen molar-refractivity contribution in [1.29, 1.82) is 0 Å². The van der Waals surface area contributed by atoms with Gasteiger partial charge in [-0.15, -0.1) is 6.58 Å². The Hall–Kier alpha value is -0.953. The smallest absolute Gasteiger partial charge is 0.192 e.